The summed E-state index contributed by atoms with van der Waals surface area (Å²) in [5.41, 5.74) is 0. The van der Waals surface area contributed by atoms with E-state index in [0.717, 1.165) is 0 Å². The van der Waals surface area contributed by atoms with E-state index in [4.69, 9.17) is 4.74 Å². The third kappa shape index (κ3) is 2.60. The van der Waals surface area contributed by atoms with Crippen LogP contribution >= 0.6 is 0 Å². The van der Waals surface area contributed by atoms with Crippen LogP contribution in [0.4, 0.5) is 0 Å². The molecule has 0 N–H and O–H groups in total. The molecule has 1 rings (SSSR count). The number of carbonyl (C=O) groups is 2. The molecule has 5 heteroatoms. The summed E-state index contributed by atoms with van der Waals surface area (Å²) in [5.74, 6) is -0.132. The van der Waals surface area contributed by atoms with Gasteiger partial charge < -0.3 is 9.30 Å². The van der Waals surface area contributed by atoms with Crippen molar-refractivity contribution in [3.63, 3.8) is 0 Å². The molecule has 0 aromatic rings. The molecule has 0 spiro atoms. The van der Waals surface area contributed by atoms with E-state index in [1.54, 1.807) is 6.92 Å². The number of carbonyl (C=O) groups excluding carboxylic acids is 2. The van der Waals surface area contributed by atoms with Gasteiger partial charge in [0.2, 0.25) is 5.91 Å². The van der Waals surface area contributed by atoms with Gasteiger partial charge in [0.25, 0.3) is 0 Å². The first kappa shape index (κ1) is 15.2. The van der Waals surface area contributed by atoms with Crippen LogP contribution in [0, 0.1) is 0 Å². The van der Waals surface area contributed by atoms with E-state index in [0.29, 0.717) is 19.4 Å². The standard InChI is InChI=1S/C13H25NO3Si/c1-7-17-12(16)10-8-9-11(15)14(10)18(5,6)13(2,3)4/h10H,7-9H2,1-6H3. The Morgan fingerprint density at radius 2 is 2.00 bits per heavy atom. The molecule has 0 saturated carbocycles. The lowest BCUT2D eigenvalue weighted by Gasteiger charge is -2.46. The molecule has 1 heterocycles. The first-order chi connectivity index (χ1) is 8.13. The summed E-state index contributed by atoms with van der Waals surface area (Å²) in [6.45, 7) is 12.9. The van der Waals surface area contributed by atoms with Gasteiger partial charge in [0.15, 0.2) is 8.24 Å². The largest absolute Gasteiger partial charge is 0.464 e. The lowest BCUT2D eigenvalue weighted by atomic mass is 10.2. The number of amides is 1. The smallest absolute Gasteiger partial charge is 0.328 e. The molecule has 0 bridgehead atoms. The Morgan fingerprint density at radius 3 is 2.44 bits per heavy atom. The Kier molecular flexibility index (Phi) is 4.25. The predicted octanol–water partition coefficient (Wildman–Crippen LogP) is 2.55. The molecule has 1 atom stereocenters. The second-order valence-electron chi connectivity index (χ2n) is 6.38. The van der Waals surface area contributed by atoms with E-state index >= 15 is 0 Å². The average Bonchev–Trinajstić information content (AvgIpc) is 2.59. The summed E-state index contributed by atoms with van der Waals surface area (Å²) in [6, 6.07) is -0.363. The summed E-state index contributed by atoms with van der Waals surface area (Å²) in [4.78, 5) is 24.1. The molecule has 0 radical (unpaired) electrons. The zero-order valence-corrected chi connectivity index (χ0v) is 13.4. The predicted molar refractivity (Wildman–Crippen MR) is 73.7 cm³/mol. The van der Waals surface area contributed by atoms with Crippen molar-refractivity contribution in [2.45, 2.75) is 64.7 Å². The van der Waals surface area contributed by atoms with Crippen molar-refractivity contribution in [3.05, 3.63) is 0 Å². The number of nitrogens with zero attached hydrogens (tertiary/aromatic N) is 1. The van der Waals surface area contributed by atoms with Crippen molar-refractivity contribution < 1.29 is 14.3 Å². The van der Waals surface area contributed by atoms with Crippen molar-refractivity contribution in [2.24, 2.45) is 0 Å². The third-order valence-electron chi connectivity index (χ3n) is 4.21. The lowest BCUT2D eigenvalue weighted by molar-refractivity contribution is -0.149. The van der Waals surface area contributed by atoms with Gasteiger partial charge in [-0.15, -0.1) is 0 Å². The molecule has 1 unspecified atom stereocenters. The van der Waals surface area contributed by atoms with Crippen molar-refractivity contribution in [3.8, 4) is 0 Å². The van der Waals surface area contributed by atoms with Crippen LogP contribution in [0.5, 0.6) is 0 Å². The van der Waals surface area contributed by atoms with E-state index in [9.17, 15) is 9.59 Å². The fourth-order valence-corrected chi connectivity index (χ4v) is 4.68. The van der Waals surface area contributed by atoms with Gasteiger partial charge in [-0.25, -0.2) is 4.79 Å². The van der Waals surface area contributed by atoms with E-state index in [-0.39, 0.29) is 23.0 Å². The lowest BCUT2D eigenvalue weighted by Crippen LogP contribution is -2.60. The molecule has 1 fully saturated rings. The molecular formula is C13H25NO3Si. The Morgan fingerprint density at radius 1 is 1.44 bits per heavy atom. The van der Waals surface area contributed by atoms with Crippen molar-refractivity contribution in [2.75, 3.05) is 6.61 Å². The first-order valence-electron chi connectivity index (χ1n) is 6.61. The number of ether oxygens (including phenoxy) is 1. The number of hydrogen-bond acceptors (Lipinski definition) is 3. The fourth-order valence-electron chi connectivity index (χ4n) is 2.21. The van der Waals surface area contributed by atoms with Gasteiger partial charge in [-0.3, -0.25) is 4.79 Å². The highest BCUT2D eigenvalue weighted by molar-refractivity contribution is 6.79. The highest BCUT2D eigenvalue weighted by Gasteiger charge is 2.51. The van der Waals surface area contributed by atoms with Crippen molar-refractivity contribution >= 4 is 20.1 Å². The Bertz CT molecular complexity index is 347. The van der Waals surface area contributed by atoms with E-state index in [1.807, 2.05) is 4.57 Å². The topological polar surface area (TPSA) is 46.6 Å². The van der Waals surface area contributed by atoms with Gasteiger partial charge in [-0.2, -0.15) is 0 Å². The summed E-state index contributed by atoms with van der Waals surface area (Å²) >= 11 is 0. The molecule has 0 aromatic heterocycles. The van der Waals surface area contributed by atoms with Crippen LogP contribution in [0.25, 0.3) is 0 Å². The summed E-state index contributed by atoms with van der Waals surface area (Å²) in [6.07, 6.45) is 1.07. The monoisotopic (exact) mass is 271 g/mol. The van der Waals surface area contributed by atoms with Gasteiger partial charge in [-0.1, -0.05) is 33.9 Å². The van der Waals surface area contributed by atoms with Crippen molar-refractivity contribution in [1.29, 1.82) is 0 Å². The Labute approximate surface area is 111 Å². The molecule has 1 aliphatic heterocycles. The highest BCUT2D eigenvalue weighted by Crippen LogP contribution is 2.42. The van der Waals surface area contributed by atoms with Crippen LogP contribution < -0.4 is 0 Å². The molecule has 4 nitrogen and oxygen atoms in total. The normalized spacial score (nSPS) is 21.3. The fraction of sp³-hybridized carbons (Fsp3) is 0.846. The minimum Gasteiger partial charge on any atom is -0.464 e. The number of esters is 1. The summed E-state index contributed by atoms with van der Waals surface area (Å²) in [5, 5.41) is 0.0394. The summed E-state index contributed by atoms with van der Waals surface area (Å²) in [7, 11) is -2.01. The second kappa shape index (κ2) is 5.03. The van der Waals surface area contributed by atoms with Crippen molar-refractivity contribution in [1.82, 2.24) is 4.57 Å². The van der Waals surface area contributed by atoms with Crippen LogP contribution in [0.2, 0.25) is 18.1 Å². The van der Waals surface area contributed by atoms with Gasteiger partial charge >= 0.3 is 5.97 Å². The minimum absolute atomic E-state index is 0.0394. The minimum atomic E-state index is -2.01. The van der Waals surface area contributed by atoms with Gasteiger partial charge in [0, 0.05) is 6.42 Å². The first-order valence-corrected chi connectivity index (χ1v) is 9.56. The zero-order valence-electron chi connectivity index (χ0n) is 12.4. The Hall–Kier alpha value is -0.843. The second-order valence-corrected chi connectivity index (χ2v) is 11.5. The molecule has 0 aromatic carbocycles. The SMILES string of the molecule is CCOC(=O)C1CCC(=O)N1[Si](C)(C)C(C)(C)C. The Balaban J connectivity index is 3.03. The van der Waals surface area contributed by atoms with Crippen LogP contribution in [-0.4, -0.2) is 37.3 Å². The molecule has 1 amide bonds. The maximum absolute atomic E-state index is 12.1. The third-order valence-corrected chi connectivity index (χ3v) is 9.64. The molecule has 1 saturated heterocycles. The highest BCUT2D eigenvalue weighted by atomic mass is 28.3. The van der Waals surface area contributed by atoms with Crippen LogP contribution in [0.3, 0.4) is 0 Å². The quantitative estimate of drug-likeness (QED) is 0.585. The molecule has 18 heavy (non-hydrogen) atoms. The van der Waals surface area contributed by atoms with Gasteiger partial charge in [0.1, 0.15) is 6.04 Å². The maximum atomic E-state index is 12.1. The molecule has 1 aliphatic rings. The van der Waals surface area contributed by atoms with Gasteiger partial charge in [0.05, 0.1) is 6.61 Å². The van der Waals surface area contributed by atoms with E-state index in [2.05, 4.69) is 33.9 Å². The number of rotatable bonds is 3. The van der Waals surface area contributed by atoms with E-state index in [1.165, 1.54) is 0 Å². The van der Waals surface area contributed by atoms with E-state index < -0.39 is 8.24 Å². The number of hydrogen-bond donors (Lipinski definition) is 0. The average molecular weight is 271 g/mol. The molecule has 0 aliphatic carbocycles. The van der Waals surface area contributed by atoms with Crippen LogP contribution in [-0.2, 0) is 14.3 Å². The summed E-state index contributed by atoms with van der Waals surface area (Å²) < 4.78 is 6.97. The van der Waals surface area contributed by atoms with Crippen LogP contribution in [0.1, 0.15) is 40.5 Å². The van der Waals surface area contributed by atoms with Crippen LogP contribution in [0.15, 0.2) is 0 Å². The zero-order chi connectivity index (χ0) is 14.1. The molecule has 104 valence electrons. The van der Waals surface area contributed by atoms with Gasteiger partial charge in [-0.05, 0) is 18.4 Å². The molecular weight excluding hydrogens is 246 g/mol. The maximum Gasteiger partial charge on any atom is 0.328 e.